The lowest BCUT2D eigenvalue weighted by molar-refractivity contribution is -0.141. The van der Waals surface area contributed by atoms with Gasteiger partial charge in [-0.05, 0) is 24.6 Å². The van der Waals surface area contributed by atoms with Gasteiger partial charge in [0.2, 0.25) is 5.78 Å². The van der Waals surface area contributed by atoms with E-state index in [0.717, 1.165) is 15.7 Å². The zero-order chi connectivity index (χ0) is 20.9. The monoisotopic (exact) mass is 459 g/mol. The number of esters is 1. The average Bonchev–Trinajstić information content (AvgIpc) is 3.21. The molecule has 0 amide bonds. The first-order chi connectivity index (χ1) is 13.8. The second-order valence-electron chi connectivity index (χ2n) is 6.75. The number of methoxy groups -OCH3 is 1. The molecule has 0 saturated carbocycles. The second-order valence-corrected chi connectivity index (χ2v) is 7.66. The van der Waals surface area contributed by atoms with E-state index < -0.39 is 17.2 Å². The molecular weight excluding hydrogens is 442 g/mol. The summed E-state index contributed by atoms with van der Waals surface area (Å²) < 4.78 is 11.5. The largest absolute Gasteiger partial charge is 0.468 e. The minimum atomic E-state index is -0.456. The summed E-state index contributed by atoms with van der Waals surface area (Å²) in [4.78, 5) is 42.3. The maximum absolute atomic E-state index is 13.2. The number of rotatable bonds is 4. The molecule has 0 fully saturated rings. The lowest BCUT2D eigenvalue weighted by atomic mass is 10.2. The van der Waals surface area contributed by atoms with E-state index in [2.05, 4.69) is 20.9 Å². The number of fused-ring (bicyclic) bond motifs is 3. The molecule has 3 aromatic heterocycles. The highest BCUT2D eigenvalue weighted by Crippen LogP contribution is 2.17. The van der Waals surface area contributed by atoms with Gasteiger partial charge in [-0.1, -0.05) is 28.1 Å². The third-order valence-corrected chi connectivity index (χ3v) is 5.44. The first-order valence-corrected chi connectivity index (χ1v) is 9.60. The normalized spacial score (nSPS) is 11.4. The Morgan fingerprint density at radius 3 is 2.52 bits per heavy atom. The third-order valence-electron chi connectivity index (χ3n) is 4.91. The van der Waals surface area contributed by atoms with Crippen LogP contribution < -0.4 is 11.2 Å². The minimum Gasteiger partial charge on any atom is -0.468 e. The zero-order valence-corrected chi connectivity index (χ0v) is 17.6. The fraction of sp³-hybridized carbons (Fsp3) is 0.263. The average molecular weight is 460 g/mol. The first kappa shape index (κ1) is 19.2. The number of carbonyl (C=O) groups is 1. The highest BCUT2D eigenvalue weighted by molar-refractivity contribution is 9.10. The number of halogens is 1. The quantitative estimate of drug-likeness (QED) is 0.430. The van der Waals surface area contributed by atoms with Gasteiger partial charge < -0.3 is 9.30 Å². The Morgan fingerprint density at radius 2 is 1.86 bits per heavy atom. The minimum absolute atomic E-state index is 0.0385. The number of ether oxygens (including phenoxy) is 1. The highest BCUT2D eigenvalue weighted by atomic mass is 79.9. The van der Waals surface area contributed by atoms with Crippen molar-refractivity contribution >= 4 is 38.8 Å². The molecule has 9 nitrogen and oxygen atoms in total. The molecule has 0 spiro atoms. The van der Waals surface area contributed by atoms with Gasteiger partial charge in [-0.3, -0.25) is 23.1 Å². The van der Waals surface area contributed by atoms with Crippen molar-refractivity contribution in [2.75, 3.05) is 7.11 Å². The van der Waals surface area contributed by atoms with Gasteiger partial charge >= 0.3 is 11.7 Å². The van der Waals surface area contributed by atoms with E-state index >= 15 is 0 Å². The first-order valence-electron chi connectivity index (χ1n) is 8.80. The second kappa shape index (κ2) is 7.03. The molecule has 150 valence electrons. The Bertz CT molecular complexity index is 1370. The number of imidazole rings is 2. The molecule has 4 aromatic rings. The van der Waals surface area contributed by atoms with Crippen molar-refractivity contribution in [1.82, 2.24) is 23.1 Å². The van der Waals surface area contributed by atoms with E-state index in [4.69, 9.17) is 4.74 Å². The summed E-state index contributed by atoms with van der Waals surface area (Å²) in [7, 11) is 2.89. The summed E-state index contributed by atoms with van der Waals surface area (Å²) in [6.45, 7) is 1.92. The van der Waals surface area contributed by atoms with Gasteiger partial charge in [-0.25, -0.2) is 4.79 Å². The fourth-order valence-electron chi connectivity index (χ4n) is 3.36. The number of aryl methyl sites for hydroxylation is 2. The van der Waals surface area contributed by atoms with Gasteiger partial charge in [0.05, 0.1) is 13.7 Å². The summed E-state index contributed by atoms with van der Waals surface area (Å²) in [6.07, 6.45) is 1.73. The Hall–Kier alpha value is -3.14. The molecule has 29 heavy (non-hydrogen) atoms. The summed E-state index contributed by atoms with van der Waals surface area (Å²) in [5.41, 5.74) is 1.22. The predicted octanol–water partition coefficient (Wildman–Crippen LogP) is 1.44. The van der Waals surface area contributed by atoms with E-state index in [1.54, 1.807) is 22.2 Å². The molecule has 0 radical (unpaired) electrons. The molecule has 0 aliphatic heterocycles. The van der Waals surface area contributed by atoms with Gasteiger partial charge in [-0.2, -0.15) is 4.98 Å². The van der Waals surface area contributed by atoms with Crippen molar-refractivity contribution in [2.24, 2.45) is 7.05 Å². The molecule has 10 heteroatoms. The van der Waals surface area contributed by atoms with Crippen LogP contribution in [0.1, 0.15) is 11.3 Å². The maximum Gasteiger partial charge on any atom is 0.332 e. The van der Waals surface area contributed by atoms with Crippen molar-refractivity contribution in [2.45, 2.75) is 20.0 Å². The van der Waals surface area contributed by atoms with Gasteiger partial charge in [0, 0.05) is 23.4 Å². The van der Waals surface area contributed by atoms with Gasteiger partial charge in [0.25, 0.3) is 5.56 Å². The molecular formula is C19H18BrN5O4. The SMILES string of the molecule is COC(=O)Cn1c(C)cn2c3c(=O)n(Cc4ccc(Br)cc4)c(=O)n(C)c3nc12. The lowest BCUT2D eigenvalue weighted by Gasteiger charge is -2.08. The summed E-state index contributed by atoms with van der Waals surface area (Å²) in [6, 6.07) is 7.42. The van der Waals surface area contributed by atoms with Crippen LogP contribution in [-0.4, -0.2) is 36.2 Å². The van der Waals surface area contributed by atoms with Crippen molar-refractivity contribution in [3.8, 4) is 0 Å². The topological polar surface area (TPSA) is 92.5 Å². The van der Waals surface area contributed by atoms with Crippen molar-refractivity contribution < 1.29 is 9.53 Å². The Balaban J connectivity index is 1.96. The molecule has 3 heterocycles. The number of hydrogen-bond donors (Lipinski definition) is 0. The van der Waals surface area contributed by atoms with E-state index in [-0.39, 0.29) is 24.3 Å². The molecule has 0 N–H and O–H groups in total. The summed E-state index contributed by atoms with van der Waals surface area (Å²) in [5, 5.41) is 0. The predicted molar refractivity (Wildman–Crippen MR) is 110 cm³/mol. The van der Waals surface area contributed by atoms with Crippen LogP contribution >= 0.6 is 15.9 Å². The number of nitrogens with zero attached hydrogens (tertiary/aromatic N) is 5. The molecule has 0 atom stereocenters. The summed E-state index contributed by atoms with van der Waals surface area (Å²) >= 11 is 3.38. The molecule has 0 bridgehead atoms. The Kier molecular flexibility index (Phi) is 4.65. The number of benzene rings is 1. The molecule has 1 aromatic carbocycles. The third kappa shape index (κ3) is 3.09. The van der Waals surface area contributed by atoms with Gasteiger partial charge in [-0.15, -0.1) is 0 Å². The molecule has 4 rings (SSSR count). The van der Waals surface area contributed by atoms with E-state index in [1.807, 2.05) is 31.2 Å². The van der Waals surface area contributed by atoms with Crippen LogP contribution in [0.4, 0.5) is 0 Å². The fourth-order valence-corrected chi connectivity index (χ4v) is 3.62. The van der Waals surface area contributed by atoms with Crippen LogP contribution in [0.3, 0.4) is 0 Å². The summed E-state index contributed by atoms with van der Waals surface area (Å²) in [5.74, 6) is -0.0313. The highest BCUT2D eigenvalue weighted by Gasteiger charge is 2.21. The van der Waals surface area contributed by atoms with Crippen molar-refractivity contribution in [1.29, 1.82) is 0 Å². The van der Waals surface area contributed by atoms with Crippen molar-refractivity contribution in [3.05, 3.63) is 67.0 Å². The lowest BCUT2D eigenvalue weighted by Crippen LogP contribution is -2.39. The molecule has 0 saturated heterocycles. The van der Waals surface area contributed by atoms with Crippen LogP contribution in [0.15, 0.2) is 44.5 Å². The van der Waals surface area contributed by atoms with Crippen molar-refractivity contribution in [3.63, 3.8) is 0 Å². The smallest absolute Gasteiger partial charge is 0.332 e. The molecule has 0 aliphatic rings. The van der Waals surface area contributed by atoms with Gasteiger partial charge in [0.15, 0.2) is 11.2 Å². The Morgan fingerprint density at radius 1 is 1.17 bits per heavy atom. The zero-order valence-electron chi connectivity index (χ0n) is 16.0. The van der Waals surface area contributed by atoms with Crippen LogP contribution in [0.25, 0.3) is 16.9 Å². The molecule has 0 unspecified atom stereocenters. The number of carbonyl (C=O) groups excluding carboxylic acids is 1. The standard InChI is InChI=1S/C19H18BrN5O4/c1-11-8-24-15-16(21-18(24)23(11)10-14(26)29-3)22(2)19(28)25(17(15)27)9-12-4-6-13(20)7-5-12/h4-8H,9-10H2,1-3H3. The number of aromatic nitrogens is 5. The Labute approximate surface area is 172 Å². The van der Waals surface area contributed by atoms with E-state index in [1.165, 1.54) is 16.2 Å². The van der Waals surface area contributed by atoms with Crippen LogP contribution in [0, 0.1) is 6.92 Å². The molecule has 0 aliphatic carbocycles. The number of hydrogen-bond acceptors (Lipinski definition) is 5. The van der Waals surface area contributed by atoms with Crippen LogP contribution in [0.5, 0.6) is 0 Å². The van der Waals surface area contributed by atoms with Crippen LogP contribution in [-0.2, 0) is 29.7 Å². The van der Waals surface area contributed by atoms with Crippen LogP contribution in [0.2, 0.25) is 0 Å². The van der Waals surface area contributed by atoms with E-state index in [9.17, 15) is 14.4 Å². The maximum atomic E-state index is 13.2. The van der Waals surface area contributed by atoms with Gasteiger partial charge in [0.1, 0.15) is 6.54 Å². The van der Waals surface area contributed by atoms with E-state index in [0.29, 0.717) is 5.78 Å².